The fraction of sp³-hybridized carbons (Fsp3) is 0.0727. The number of hydrogen-bond donors (Lipinski definition) is 0. The Bertz CT molecular complexity index is 3200. The fourth-order valence-electron chi connectivity index (χ4n) is 10.3. The first kappa shape index (κ1) is 33.0. The molecule has 3 heteroatoms. The zero-order valence-corrected chi connectivity index (χ0v) is 32.1. The Labute approximate surface area is 337 Å². The molecule has 0 amide bonds. The van der Waals surface area contributed by atoms with Crippen molar-refractivity contribution in [2.75, 3.05) is 0 Å². The van der Waals surface area contributed by atoms with Crippen molar-refractivity contribution in [2.45, 2.75) is 18.4 Å². The Balaban J connectivity index is 0.992. The van der Waals surface area contributed by atoms with Gasteiger partial charge in [0.2, 0.25) is 0 Å². The van der Waals surface area contributed by atoms with Crippen LogP contribution in [-0.2, 0) is 5.41 Å². The summed E-state index contributed by atoms with van der Waals surface area (Å²) in [6.45, 7) is 2.34. The topological polar surface area (TPSA) is 22.8 Å². The van der Waals surface area contributed by atoms with Gasteiger partial charge in [-0.15, -0.1) is 0 Å². The summed E-state index contributed by atoms with van der Waals surface area (Å²) in [5.41, 5.74) is 14.9. The predicted molar refractivity (Wildman–Crippen MR) is 241 cm³/mol. The lowest BCUT2D eigenvalue weighted by Crippen LogP contribution is -2.29. The minimum absolute atomic E-state index is 0.225. The monoisotopic (exact) mass is 741 g/mol. The lowest BCUT2D eigenvalue weighted by atomic mass is 9.69. The number of pyridine rings is 1. The van der Waals surface area contributed by atoms with Crippen molar-refractivity contribution in [1.29, 1.82) is 0 Å². The van der Waals surface area contributed by atoms with Gasteiger partial charge in [0, 0.05) is 43.8 Å². The molecule has 12 rings (SSSR count). The average Bonchev–Trinajstić information content (AvgIpc) is 3.90. The van der Waals surface area contributed by atoms with Crippen LogP contribution in [0.4, 0.5) is 0 Å². The Morgan fingerprint density at radius 1 is 0.517 bits per heavy atom. The third-order valence-corrected chi connectivity index (χ3v) is 12.9. The van der Waals surface area contributed by atoms with Gasteiger partial charge in [-0.3, -0.25) is 4.57 Å². The molecule has 0 bridgehead atoms. The predicted octanol–water partition coefficient (Wildman–Crippen LogP) is 13.5. The third-order valence-electron chi connectivity index (χ3n) is 12.9. The van der Waals surface area contributed by atoms with E-state index in [4.69, 9.17) is 4.98 Å². The minimum Gasteiger partial charge on any atom is -0.333 e. The number of rotatable bonds is 5. The molecule has 3 heterocycles. The summed E-state index contributed by atoms with van der Waals surface area (Å²) in [5, 5.41) is 4.98. The number of fused-ring (bicyclic) bond motifs is 9. The highest BCUT2D eigenvalue weighted by Crippen LogP contribution is 2.56. The molecule has 3 nitrogen and oxygen atoms in total. The van der Waals surface area contributed by atoms with Crippen molar-refractivity contribution >= 4 is 49.3 Å². The zero-order valence-electron chi connectivity index (χ0n) is 32.1. The van der Waals surface area contributed by atoms with Crippen LogP contribution in [-0.4, -0.2) is 14.1 Å². The van der Waals surface area contributed by atoms with Crippen LogP contribution in [0.15, 0.2) is 206 Å². The first-order valence-electron chi connectivity index (χ1n) is 20.3. The summed E-state index contributed by atoms with van der Waals surface area (Å²) in [7, 11) is 0. The summed E-state index contributed by atoms with van der Waals surface area (Å²) in [6, 6.07) is 68.9. The number of aromatic nitrogens is 3. The fourth-order valence-corrected chi connectivity index (χ4v) is 10.3. The van der Waals surface area contributed by atoms with E-state index in [1.165, 1.54) is 66.1 Å². The number of nitrogens with zero attached hydrogens (tertiary/aromatic N) is 3. The van der Waals surface area contributed by atoms with E-state index in [1.54, 1.807) is 0 Å². The van der Waals surface area contributed by atoms with Crippen LogP contribution in [0, 0.1) is 5.92 Å². The SMILES string of the molecule is CC1C=C(c2ccc(-n3c4ccccc4c4cc5c(nc43)C(c3ccccc3)(c3ccccc3)c3ccccc3-5)cc2)C=CC1n1c2ccccc2c2ccccc21. The molecule has 2 aliphatic carbocycles. The summed E-state index contributed by atoms with van der Waals surface area (Å²) in [4.78, 5) is 5.83. The van der Waals surface area contributed by atoms with E-state index in [2.05, 4.69) is 222 Å². The quantitative estimate of drug-likeness (QED) is 0.172. The van der Waals surface area contributed by atoms with Gasteiger partial charge in [0.25, 0.3) is 0 Å². The zero-order chi connectivity index (χ0) is 38.4. The molecule has 0 saturated carbocycles. The summed E-state index contributed by atoms with van der Waals surface area (Å²) < 4.78 is 4.89. The Kier molecular flexibility index (Phi) is 7.18. The van der Waals surface area contributed by atoms with Gasteiger partial charge in [-0.05, 0) is 75.7 Å². The average molecular weight is 742 g/mol. The maximum absolute atomic E-state index is 5.83. The van der Waals surface area contributed by atoms with Crippen LogP contribution in [0.1, 0.15) is 40.9 Å². The van der Waals surface area contributed by atoms with Crippen LogP contribution >= 0.6 is 0 Å². The number of hydrogen-bond acceptors (Lipinski definition) is 1. The molecule has 2 unspecified atom stereocenters. The molecule has 58 heavy (non-hydrogen) atoms. The third kappa shape index (κ3) is 4.59. The summed E-state index contributed by atoms with van der Waals surface area (Å²) in [6.07, 6.45) is 7.16. The van der Waals surface area contributed by atoms with Crippen molar-refractivity contribution < 1.29 is 0 Å². The highest BCUT2D eigenvalue weighted by Gasteiger charge is 2.48. The van der Waals surface area contributed by atoms with E-state index in [0.29, 0.717) is 5.92 Å². The van der Waals surface area contributed by atoms with Crippen LogP contribution in [0.25, 0.3) is 66.1 Å². The Hall–Kier alpha value is -7.23. The van der Waals surface area contributed by atoms with E-state index >= 15 is 0 Å². The normalized spacial score (nSPS) is 16.9. The van der Waals surface area contributed by atoms with Crippen LogP contribution in [0.5, 0.6) is 0 Å². The molecule has 0 radical (unpaired) electrons. The molecular formula is C55H39N3. The van der Waals surface area contributed by atoms with Gasteiger partial charge in [-0.1, -0.05) is 177 Å². The van der Waals surface area contributed by atoms with E-state index in [9.17, 15) is 0 Å². The van der Waals surface area contributed by atoms with Gasteiger partial charge >= 0.3 is 0 Å². The molecule has 10 aromatic rings. The highest BCUT2D eigenvalue weighted by atomic mass is 15.1. The van der Waals surface area contributed by atoms with Crippen molar-refractivity contribution in [2.24, 2.45) is 5.92 Å². The van der Waals surface area contributed by atoms with Gasteiger partial charge in [-0.25, -0.2) is 4.98 Å². The Morgan fingerprint density at radius 2 is 1.07 bits per heavy atom. The number of benzene rings is 7. The maximum atomic E-state index is 5.83. The van der Waals surface area contributed by atoms with E-state index in [1.807, 2.05) is 0 Å². The van der Waals surface area contributed by atoms with Gasteiger partial charge < -0.3 is 4.57 Å². The summed E-state index contributed by atoms with van der Waals surface area (Å²) in [5.74, 6) is 0.307. The molecule has 0 N–H and O–H groups in total. The van der Waals surface area contributed by atoms with Crippen LogP contribution in [0.2, 0.25) is 0 Å². The number of para-hydroxylation sites is 3. The van der Waals surface area contributed by atoms with Crippen molar-refractivity contribution in [3.63, 3.8) is 0 Å². The smallest absolute Gasteiger partial charge is 0.145 e. The van der Waals surface area contributed by atoms with Crippen molar-refractivity contribution in [3.8, 4) is 16.8 Å². The first-order chi connectivity index (χ1) is 28.7. The molecule has 2 atom stereocenters. The van der Waals surface area contributed by atoms with Crippen LogP contribution in [0.3, 0.4) is 0 Å². The van der Waals surface area contributed by atoms with E-state index in [-0.39, 0.29) is 6.04 Å². The lowest BCUT2D eigenvalue weighted by Gasteiger charge is -2.32. The molecule has 0 aliphatic heterocycles. The van der Waals surface area contributed by atoms with E-state index < -0.39 is 5.41 Å². The molecular weight excluding hydrogens is 703 g/mol. The standard InChI is InChI=1S/C55H39N3/c1-36-34-38(30-33-49(36)58-51-26-14-9-21-43(51)44-22-10-15-27-52(44)58)37-28-31-41(32-29-37)57-50-25-13-11-23-45(50)47-35-46-42-20-8-12-24-48(42)55(53(46)56-54(47)57,39-16-4-2-5-17-39)40-18-6-3-7-19-40/h2-36,49H,1H3. The first-order valence-corrected chi connectivity index (χ1v) is 20.3. The molecule has 3 aromatic heterocycles. The van der Waals surface area contributed by atoms with Crippen molar-refractivity contribution in [1.82, 2.24) is 14.1 Å². The molecule has 0 fully saturated rings. The lowest BCUT2D eigenvalue weighted by molar-refractivity contribution is 0.511. The van der Waals surface area contributed by atoms with Gasteiger partial charge in [0.15, 0.2) is 0 Å². The van der Waals surface area contributed by atoms with Gasteiger partial charge in [0.05, 0.1) is 22.7 Å². The van der Waals surface area contributed by atoms with Gasteiger partial charge in [0.1, 0.15) is 5.65 Å². The highest BCUT2D eigenvalue weighted by molar-refractivity contribution is 6.10. The molecule has 0 spiro atoms. The largest absolute Gasteiger partial charge is 0.333 e. The second kappa shape index (κ2) is 12.6. The molecule has 7 aromatic carbocycles. The second-order valence-corrected chi connectivity index (χ2v) is 15.9. The molecule has 2 aliphatic rings. The minimum atomic E-state index is -0.568. The van der Waals surface area contributed by atoms with E-state index in [0.717, 1.165) is 27.9 Å². The number of allylic oxidation sites excluding steroid dienone is 4. The van der Waals surface area contributed by atoms with Crippen molar-refractivity contribution in [3.05, 3.63) is 234 Å². The molecule has 0 saturated heterocycles. The summed E-state index contributed by atoms with van der Waals surface area (Å²) >= 11 is 0. The van der Waals surface area contributed by atoms with Crippen LogP contribution < -0.4 is 0 Å². The Morgan fingerprint density at radius 3 is 1.71 bits per heavy atom. The second-order valence-electron chi connectivity index (χ2n) is 15.9. The maximum Gasteiger partial charge on any atom is 0.145 e. The van der Waals surface area contributed by atoms with Gasteiger partial charge in [-0.2, -0.15) is 0 Å². The molecule has 274 valence electrons.